The minimum atomic E-state index is -0.335. The maximum absolute atomic E-state index is 12.2. The zero-order valence-electron chi connectivity index (χ0n) is 13.2. The van der Waals surface area contributed by atoms with Gasteiger partial charge in [-0.15, -0.1) is 0 Å². The Morgan fingerprint density at radius 1 is 1.18 bits per heavy atom. The molecule has 0 saturated carbocycles. The number of primary amides is 1. The van der Waals surface area contributed by atoms with Gasteiger partial charge in [-0.2, -0.15) is 0 Å². The first kappa shape index (κ1) is 16.3. The Labute approximate surface area is 130 Å². The van der Waals surface area contributed by atoms with Crippen LogP contribution in [-0.4, -0.2) is 60.9 Å². The smallest absolute Gasteiger partial charge is 0.260 e. The molecule has 1 aromatic rings. The number of amides is 2. The molecule has 0 aliphatic carbocycles. The van der Waals surface area contributed by atoms with E-state index in [4.69, 9.17) is 10.5 Å². The summed E-state index contributed by atoms with van der Waals surface area (Å²) in [4.78, 5) is 26.8. The summed E-state index contributed by atoms with van der Waals surface area (Å²) in [6, 6.07) is 5.81. The van der Waals surface area contributed by atoms with Gasteiger partial charge in [0.15, 0.2) is 6.61 Å². The average Bonchev–Trinajstić information content (AvgIpc) is 2.48. The highest BCUT2D eigenvalue weighted by molar-refractivity contribution is 5.78. The average molecular weight is 305 g/mol. The Balaban J connectivity index is 1.81. The number of hydrogen-bond acceptors (Lipinski definition) is 4. The van der Waals surface area contributed by atoms with Crippen molar-refractivity contribution in [3.8, 4) is 5.75 Å². The molecule has 2 rings (SSSR count). The van der Waals surface area contributed by atoms with Gasteiger partial charge < -0.3 is 15.4 Å². The molecule has 0 unspecified atom stereocenters. The predicted molar refractivity (Wildman–Crippen MR) is 83.6 cm³/mol. The summed E-state index contributed by atoms with van der Waals surface area (Å²) in [6.45, 7) is 6.82. The number of carbonyl (C=O) groups is 2. The molecule has 6 heteroatoms. The van der Waals surface area contributed by atoms with Gasteiger partial charge in [0.1, 0.15) is 5.75 Å². The van der Waals surface area contributed by atoms with Crippen LogP contribution in [0.15, 0.2) is 18.2 Å². The largest absolute Gasteiger partial charge is 0.483 e. The van der Waals surface area contributed by atoms with Crippen molar-refractivity contribution in [1.82, 2.24) is 9.80 Å². The van der Waals surface area contributed by atoms with Crippen molar-refractivity contribution < 1.29 is 14.3 Å². The first-order chi connectivity index (χ1) is 10.5. The molecule has 1 aliphatic rings. The summed E-state index contributed by atoms with van der Waals surface area (Å²) in [6.07, 6.45) is 0. The number of nitrogens with zero attached hydrogens (tertiary/aromatic N) is 2. The summed E-state index contributed by atoms with van der Waals surface area (Å²) in [5.74, 6) is 0.387. The van der Waals surface area contributed by atoms with Crippen LogP contribution in [0.4, 0.5) is 0 Å². The molecule has 1 aromatic carbocycles. The normalized spacial score (nSPS) is 15.6. The van der Waals surface area contributed by atoms with Crippen molar-refractivity contribution in [3.63, 3.8) is 0 Å². The van der Waals surface area contributed by atoms with Crippen LogP contribution in [0.3, 0.4) is 0 Å². The number of aryl methyl sites for hydroxylation is 1. The molecule has 0 spiro atoms. The number of hydrogen-bond donors (Lipinski definition) is 1. The van der Waals surface area contributed by atoms with Gasteiger partial charge in [-0.1, -0.05) is 12.1 Å². The molecule has 0 atom stereocenters. The van der Waals surface area contributed by atoms with Crippen LogP contribution in [0, 0.1) is 13.8 Å². The van der Waals surface area contributed by atoms with Gasteiger partial charge in [0, 0.05) is 26.2 Å². The molecule has 22 heavy (non-hydrogen) atoms. The first-order valence-electron chi connectivity index (χ1n) is 7.45. The maximum Gasteiger partial charge on any atom is 0.260 e. The molecule has 1 heterocycles. The Morgan fingerprint density at radius 3 is 2.50 bits per heavy atom. The fraction of sp³-hybridized carbons (Fsp3) is 0.500. The van der Waals surface area contributed by atoms with Crippen molar-refractivity contribution in [3.05, 3.63) is 29.3 Å². The van der Waals surface area contributed by atoms with E-state index in [0.29, 0.717) is 26.2 Å². The second kappa shape index (κ2) is 7.26. The maximum atomic E-state index is 12.2. The second-order valence-corrected chi connectivity index (χ2v) is 5.61. The van der Waals surface area contributed by atoms with E-state index in [1.54, 1.807) is 4.90 Å². The Hall–Kier alpha value is -2.08. The summed E-state index contributed by atoms with van der Waals surface area (Å²) < 4.78 is 5.65. The predicted octanol–water partition coefficient (Wildman–Crippen LogP) is 0.312. The summed E-state index contributed by atoms with van der Waals surface area (Å²) in [7, 11) is 0. The minimum Gasteiger partial charge on any atom is -0.483 e. The minimum absolute atomic E-state index is 0.0281. The van der Waals surface area contributed by atoms with Crippen LogP contribution in [0.5, 0.6) is 5.75 Å². The molecule has 120 valence electrons. The van der Waals surface area contributed by atoms with Gasteiger partial charge in [-0.25, -0.2) is 0 Å². The van der Waals surface area contributed by atoms with Crippen LogP contribution in [0.2, 0.25) is 0 Å². The summed E-state index contributed by atoms with van der Waals surface area (Å²) >= 11 is 0. The fourth-order valence-corrected chi connectivity index (χ4v) is 2.49. The molecule has 0 radical (unpaired) electrons. The number of ether oxygens (including phenoxy) is 1. The monoisotopic (exact) mass is 305 g/mol. The van der Waals surface area contributed by atoms with Crippen LogP contribution in [0.1, 0.15) is 11.1 Å². The van der Waals surface area contributed by atoms with Gasteiger partial charge in [-0.05, 0) is 31.0 Å². The molecule has 2 N–H and O–H groups in total. The molecule has 0 bridgehead atoms. The highest BCUT2D eigenvalue weighted by Gasteiger charge is 2.22. The quantitative estimate of drug-likeness (QED) is 0.849. The highest BCUT2D eigenvalue weighted by atomic mass is 16.5. The number of nitrogens with two attached hydrogens (primary N) is 1. The molecule has 1 aliphatic heterocycles. The van der Waals surface area contributed by atoms with Crippen molar-refractivity contribution in [1.29, 1.82) is 0 Å². The van der Waals surface area contributed by atoms with E-state index < -0.39 is 0 Å². The van der Waals surface area contributed by atoms with Crippen molar-refractivity contribution in [2.45, 2.75) is 13.8 Å². The number of carbonyl (C=O) groups excluding carboxylic acids is 2. The van der Waals surface area contributed by atoms with Crippen molar-refractivity contribution in [2.24, 2.45) is 5.73 Å². The van der Waals surface area contributed by atoms with E-state index in [2.05, 4.69) is 0 Å². The third-order valence-electron chi connectivity index (χ3n) is 4.01. The lowest BCUT2D eigenvalue weighted by atomic mass is 10.1. The molecule has 6 nitrogen and oxygen atoms in total. The molecule has 1 saturated heterocycles. The SMILES string of the molecule is Cc1cccc(OCC(=O)N2CCN(CC(N)=O)CC2)c1C. The van der Waals surface area contributed by atoms with Gasteiger partial charge in [0.05, 0.1) is 6.54 Å². The molecule has 1 fully saturated rings. The first-order valence-corrected chi connectivity index (χ1v) is 7.45. The number of benzene rings is 1. The van der Waals surface area contributed by atoms with Crippen LogP contribution < -0.4 is 10.5 Å². The van der Waals surface area contributed by atoms with E-state index in [0.717, 1.165) is 16.9 Å². The van der Waals surface area contributed by atoms with Gasteiger partial charge in [0.25, 0.3) is 5.91 Å². The van der Waals surface area contributed by atoms with Crippen molar-refractivity contribution in [2.75, 3.05) is 39.3 Å². The fourth-order valence-electron chi connectivity index (χ4n) is 2.49. The lowest BCUT2D eigenvalue weighted by Gasteiger charge is -2.34. The second-order valence-electron chi connectivity index (χ2n) is 5.61. The van der Waals surface area contributed by atoms with Crippen LogP contribution in [0.25, 0.3) is 0 Å². The van der Waals surface area contributed by atoms with Gasteiger partial charge >= 0.3 is 0 Å². The molecular weight excluding hydrogens is 282 g/mol. The van der Waals surface area contributed by atoms with Gasteiger partial charge in [-0.3, -0.25) is 14.5 Å². The Kier molecular flexibility index (Phi) is 5.38. The molecule has 2 amide bonds. The van der Waals surface area contributed by atoms with Crippen molar-refractivity contribution >= 4 is 11.8 Å². The van der Waals surface area contributed by atoms with Crippen LogP contribution >= 0.6 is 0 Å². The summed E-state index contributed by atoms with van der Waals surface area (Å²) in [5, 5.41) is 0. The van der Waals surface area contributed by atoms with Crippen LogP contribution in [-0.2, 0) is 9.59 Å². The standard InChI is InChI=1S/C16H23N3O3/c1-12-4-3-5-14(13(12)2)22-11-16(21)19-8-6-18(7-9-19)10-15(17)20/h3-5H,6-11H2,1-2H3,(H2,17,20). The summed E-state index contributed by atoms with van der Waals surface area (Å²) in [5.41, 5.74) is 7.38. The number of piperazine rings is 1. The topological polar surface area (TPSA) is 75.9 Å². The van der Waals surface area contributed by atoms with E-state index in [1.165, 1.54) is 0 Å². The number of rotatable bonds is 5. The van der Waals surface area contributed by atoms with Gasteiger partial charge in [0.2, 0.25) is 5.91 Å². The van der Waals surface area contributed by atoms with E-state index in [-0.39, 0.29) is 25.0 Å². The Bertz CT molecular complexity index is 552. The molecule has 0 aromatic heterocycles. The Morgan fingerprint density at radius 2 is 1.86 bits per heavy atom. The zero-order valence-corrected chi connectivity index (χ0v) is 13.2. The highest BCUT2D eigenvalue weighted by Crippen LogP contribution is 2.20. The lowest BCUT2D eigenvalue weighted by Crippen LogP contribution is -2.51. The third kappa shape index (κ3) is 4.21. The van der Waals surface area contributed by atoms with E-state index in [1.807, 2.05) is 36.9 Å². The molecular formula is C16H23N3O3. The zero-order chi connectivity index (χ0) is 16.1. The van der Waals surface area contributed by atoms with E-state index >= 15 is 0 Å². The lowest BCUT2D eigenvalue weighted by molar-refractivity contribution is -0.135. The van der Waals surface area contributed by atoms with E-state index in [9.17, 15) is 9.59 Å². The third-order valence-corrected chi connectivity index (χ3v) is 4.01.